The van der Waals surface area contributed by atoms with Gasteiger partial charge < -0.3 is 10.1 Å². The summed E-state index contributed by atoms with van der Waals surface area (Å²) in [6, 6.07) is -0.196. The van der Waals surface area contributed by atoms with Crippen molar-refractivity contribution in [2.75, 3.05) is 13.2 Å². The highest BCUT2D eigenvalue weighted by Gasteiger charge is 2.30. The molecule has 0 spiro atoms. The van der Waals surface area contributed by atoms with Crippen LogP contribution in [0, 0.1) is 0 Å². The van der Waals surface area contributed by atoms with Crippen molar-refractivity contribution in [3.63, 3.8) is 0 Å². The quantitative estimate of drug-likeness (QED) is 0.577. The molecule has 1 aromatic rings. The van der Waals surface area contributed by atoms with E-state index >= 15 is 0 Å². The van der Waals surface area contributed by atoms with E-state index in [4.69, 9.17) is 4.74 Å². The van der Waals surface area contributed by atoms with Gasteiger partial charge in [-0.25, -0.2) is 4.68 Å². The Labute approximate surface area is 104 Å². The Balaban J connectivity index is 2.02. The van der Waals surface area contributed by atoms with Crippen LogP contribution in [0.15, 0.2) is 5.16 Å². The van der Waals surface area contributed by atoms with Gasteiger partial charge in [-0.15, -0.1) is 17.7 Å². The van der Waals surface area contributed by atoms with Gasteiger partial charge in [-0.2, -0.15) is 0 Å². The number of esters is 1. The van der Waals surface area contributed by atoms with Gasteiger partial charge in [-0.05, 0) is 36.7 Å². The van der Waals surface area contributed by atoms with Crippen LogP contribution in [0.3, 0.4) is 0 Å². The van der Waals surface area contributed by atoms with Gasteiger partial charge in [0.25, 0.3) is 0 Å². The number of carbonyl (C=O) groups excluding carboxylic acids is 1. The molecule has 0 amide bonds. The molecule has 2 heterocycles. The van der Waals surface area contributed by atoms with Crippen LogP contribution >= 0.6 is 12.6 Å². The maximum atomic E-state index is 11.6. The van der Waals surface area contributed by atoms with E-state index in [0.717, 1.165) is 13.0 Å². The van der Waals surface area contributed by atoms with E-state index in [-0.39, 0.29) is 18.1 Å². The molecule has 1 N–H and O–H groups in total. The lowest BCUT2D eigenvalue weighted by Gasteiger charge is -2.28. The van der Waals surface area contributed by atoms with E-state index in [0.29, 0.717) is 18.2 Å². The normalized spacial score (nSPS) is 24.6. The van der Waals surface area contributed by atoms with Crippen LogP contribution in [0.25, 0.3) is 0 Å². The SMILES string of the molecule is CCOC(=O)C1CC(n2nnnc2S)CCN1. The van der Waals surface area contributed by atoms with E-state index in [1.54, 1.807) is 11.6 Å². The zero-order valence-electron chi connectivity index (χ0n) is 9.54. The minimum absolute atomic E-state index is 0.0909. The molecule has 1 aliphatic rings. The minimum atomic E-state index is -0.286. The van der Waals surface area contributed by atoms with E-state index < -0.39 is 0 Å². The molecule has 0 aliphatic carbocycles. The predicted molar refractivity (Wildman–Crippen MR) is 61.8 cm³/mol. The first-order chi connectivity index (χ1) is 8.22. The van der Waals surface area contributed by atoms with Crippen LogP contribution in [0.2, 0.25) is 0 Å². The fraction of sp³-hybridized carbons (Fsp3) is 0.778. The minimum Gasteiger partial charge on any atom is -0.465 e. The molecule has 0 aromatic carbocycles. The van der Waals surface area contributed by atoms with Gasteiger partial charge in [0.1, 0.15) is 6.04 Å². The van der Waals surface area contributed by atoms with E-state index in [1.807, 2.05) is 0 Å². The molecule has 17 heavy (non-hydrogen) atoms. The Bertz CT molecular complexity index is 396. The second kappa shape index (κ2) is 5.46. The smallest absolute Gasteiger partial charge is 0.323 e. The van der Waals surface area contributed by atoms with Crippen molar-refractivity contribution in [2.24, 2.45) is 0 Å². The summed E-state index contributed by atoms with van der Waals surface area (Å²) in [6.07, 6.45) is 1.49. The van der Waals surface area contributed by atoms with Crippen LogP contribution in [0.1, 0.15) is 25.8 Å². The summed E-state index contributed by atoms with van der Waals surface area (Å²) in [6.45, 7) is 2.93. The standard InChI is InChI=1S/C9H15N5O2S/c1-2-16-8(15)7-5-6(3-4-10-7)14-9(17)11-12-13-14/h6-7,10H,2-5H2,1H3,(H,11,13,17). The third-order valence-electron chi connectivity index (χ3n) is 2.77. The van der Waals surface area contributed by atoms with Crippen molar-refractivity contribution in [3.8, 4) is 0 Å². The summed E-state index contributed by atoms with van der Waals surface area (Å²) in [7, 11) is 0. The highest BCUT2D eigenvalue weighted by atomic mass is 32.1. The zero-order valence-corrected chi connectivity index (χ0v) is 10.4. The number of ether oxygens (including phenoxy) is 1. The van der Waals surface area contributed by atoms with Crippen molar-refractivity contribution in [3.05, 3.63) is 0 Å². The van der Waals surface area contributed by atoms with Gasteiger partial charge in [0.05, 0.1) is 12.6 Å². The molecular formula is C9H15N5O2S. The highest BCUT2D eigenvalue weighted by molar-refractivity contribution is 7.80. The van der Waals surface area contributed by atoms with Crippen molar-refractivity contribution in [1.29, 1.82) is 0 Å². The molecule has 0 bridgehead atoms. The summed E-state index contributed by atoms with van der Waals surface area (Å²) in [5, 5.41) is 14.8. The van der Waals surface area contributed by atoms with Crippen LogP contribution in [-0.4, -0.2) is 45.4 Å². The average molecular weight is 257 g/mol. The molecule has 1 saturated heterocycles. The van der Waals surface area contributed by atoms with E-state index in [2.05, 4.69) is 33.5 Å². The number of hydrogen-bond donors (Lipinski definition) is 2. The fourth-order valence-electron chi connectivity index (χ4n) is 1.97. The molecule has 7 nitrogen and oxygen atoms in total. The number of hydrogen-bond acceptors (Lipinski definition) is 7. The van der Waals surface area contributed by atoms with Crippen molar-refractivity contribution < 1.29 is 9.53 Å². The fourth-order valence-corrected chi connectivity index (χ4v) is 2.21. The first kappa shape index (κ1) is 12.3. The molecule has 8 heteroatoms. The maximum Gasteiger partial charge on any atom is 0.323 e. The Kier molecular flexibility index (Phi) is 3.95. The van der Waals surface area contributed by atoms with Crippen molar-refractivity contribution in [1.82, 2.24) is 25.5 Å². The second-order valence-electron chi connectivity index (χ2n) is 3.86. The van der Waals surface area contributed by atoms with Gasteiger partial charge >= 0.3 is 5.97 Å². The van der Waals surface area contributed by atoms with Gasteiger partial charge in [0.15, 0.2) is 0 Å². The molecule has 2 rings (SSSR count). The number of nitrogens with zero attached hydrogens (tertiary/aromatic N) is 4. The second-order valence-corrected chi connectivity index (χ2v) is 4.26. The Hall–Kier alpha value is -1.15. The van der Waals surface area contributed by atoms with Gasteiger partial charge in [0.2, 0.25) is 5.16 Å². The van der Waals surface area contributed by atoms with Gasteiger partial charge in [-0.3, -0.25) is 4.79 Å². The molecule has 94 valence electrons. The first-order valence-corrected chi connectivity index (χ1v) is 6.04. The number of rotatable bonds is 3. The molecule has 0 saturated carbocycles. The van der Waals surface area contributed by atoms with Gasteiger partial charge in [-0.1, -0.05) is 0 Å². The first-order valence-electron chi connectivity index (χ1n) is 5.59. The third-order valence-corrected chi connectivity index (χ3v) is 3.06. The molecule has 2 unspecified atom stereocenters. The van der Waals surface area contributed by atoms with Gasteiger partial charge in [0, 0.05) is 0 Å². The number of piperidine rings is 1. The Morgan fingerprint density at radius 2 is 2.53 bits per heavy atom. The molecule has 1 aromatic heterocycles. The number of tetrazole rings is 1. The largest absolute Gasteiger partial charge is 0.465 e. The number of carbonyl (C=O) groups is 1. The molecule has 0 radical (unpaired) electrons. The van der Waals surface area contributed by atoms with Crippen LogP contribution in [0.5, 0.6) is 0 Å². The number of aromatic nitrogens is 4. The highest BCUT2D eigenvalue weighted by Crippen LogP contribution is 2.23. The lowest BCUT2D eigenvalue weighted by molar-refractivity contribution is -0.146. The van der Waals surface area contributed by atoms with Crippen molar-refractivity contribution in [2.45, 2.75) is 37.0 Å². The van der Waals surface area contributed by atoms with Crippen LogP contribution < -0.4 is 5.32 Å². The van der Waals surface area contributed by atoms with Crippen LogP contribution in [-0.2, 0) is 9.53 Å². The third kappa shape index (κ3) is 2.75. The summed E-state index contributed by atoms with van der Waals surface area (Å²) in [5.41, 5.74) is 0. The molecular weight excluding hydrogens is 242 g/mol. The predicted octanol–water partition coefficient (Wildman–Crippen LogP) is -0.182. The Morgan fingerprint density at radius 3 is 3.18 bits per heavy atom. The average Bonchev–Trinajstić information content (AvgIpc) is 2.76. The van der Waals surface area contributed by atoms with Crippen molar-refractivity contribution >= 4 is 18.6 Å². The Morgan fingerprint density at radius 1 is 1.71 bits per heavy atom. The van der Waals surface area contributed by atoms with E-state index in [9.17, 15) is 4.79 Å². The number of nitrogens with one attached hydrogen (secondary N) is 1. The lowest BCUT2D eigenvalue weighted by Crippen LogP contribution is -2.45. The zero-order chi connectivity index (χ0) is 12.3. The summed E-state index contributed by atoms with van der Waals surface area (Å²) >= 11 is 4.17. The molecule has 1 fully saturated rings. The molecule has 2 atom stereocenters. The van der Waals surface area contributed by atoms with E-state index in [1.165, 1.54) is 0 Å². The maximum absolute atomic E-state index is 11.6. The van der Waals surface area contributed by atoms with Crippen LogP contribution in [0.4, 0.5) is 0 Å². The lowest BCUT2D eigenvalue weighted by atomic mass is 10.00. The summed E-state index contributed by atoms with van der Waals surface area (Å²) in [5.74, 6) is -0.217. The topological polar surface area (TPSA) is 81.9 Å². The molecule has 1 aliphatic heterocycles. The summed E-state index contributed by atoms with van der Waals surface area (Å²) < 4.78 is 6.64. The number of thiol groups is 1. The summed E-state index contributed by atoms with van der Waals surface area (Å²) in [4.78, 5) is 11.6. The monoisotopic (exact) mass is 257 g/mol.